The van der Waals surface area contributed by atoms with Gasteiger partial charge in [-0.05, 0) is 29.7 Å². The van der Waals surface area contributed by atoms with Crippen LogP contribution in [0, 0.1) is 0 Å². The number of carbonyl (C=O) groups excluding carboxylic acids is 3. The highest BCUT2D eigenvalue weighted by atomic mass is 16.5. The predicted octanol–water partition coefficient (Wildman–Crippen LogP) is 3.32. The highest BCUT2D eigenvalue weighted by molar-refractivity contribution is 5.97. The van der Waals surface area contributed by atoms with E-state index in [1.165, 1.54) is 6.92 Å². The molecule has 6 nitrogen and oxygen atoms in total. The molecule has 0 aliphatic heterocycles. The maximum absolute atomic E-state index is 13.3. The molecule has 0 aromatic heterocycles. The van der Waals surface area contributed by atoms with E-state index >= 15 is 0 Å². The summed E-state index contributed by atoms with van der Waals surface area (Å²) < 4.78 is 5.18. The summed E-state index contributed by atoms with van der Waals surface area (Å²) in [7, 11) is 0. The first-order valence-electron chi connectivity index (χ1n) is 10.9. The zero-order valence-electron chi connectivity index (χ0n) is 18.6. The van der Waals surface area contributed by atoms with Gasteiger partial charge in [-0.25, -0.2) is 0 Å². The van der Waals surface area contributed by atoms with Crippen molar-refractivity contribution in [3.8, 4) is 0 Å². The van der Waals surface area contributed by atoms with Crippen LogP contribution >= 0.6 is 0 Å². The van der Waals surface area contributed by atoms with Gasteiger partial charge in [0.15, 0.2) is 0 Å². The number of carbonyl (C=O) groups is 3. The number of esters is 1. The highest BCUT2D eigenvalue weighted by Gasteiger charge is 2.25. The van der Waals surface area contributed by atoms with Crippen LogP contribution in [-0.4, -0.2) is 36.5 Å². The quantitative estimate of drug-likeness (QED) is 0.470. The van der Waals surface area contributed by atoms with Gasteiger partial charge in [-0.3, -0.25) is 14.4 Å². The van der Waals surface area contributed by atoms with E-state index in [0.717, 1.165) is 11.1 Å². The molecule has 0 fully saturated rings. The van der Waals surface area contributed by atoms with Crippen molar-refractivity contribution < 1.29 is 19.1 Å². The molecule has 0 aliphatic rings. The lowest BCUT2D eigenvalue weighted by Gasteiger charge is -2.24. The number of nitrogens with one attached hydrogen (secondary N) is 2. The molecule has 1 unspecified atom stereocenters. The van der Waals surface area contributed by atoms with E-state index in [4.69, 9.17) is 4.74 Å². The molecule has 0 radical (unpaired) electrons. The molecule has 2 amide bonds. The Morgan fingerprint density at radius 3 is 1.79 bits per heavy atom. The normalized spacial score (nSPS) is 12.3. The average molecular weight is 445 g/mol. The summed E-state index contributed by atoms with van der Waals surface area (Å²) >= 11 is 0. The van der Waals surface area contributed by atoms with Gasteiger partial charge in [0.05, 0.1) is 6.04 Å². The molecule has 0 spiro atoms. The summed E-state index contributed by atoms with van der Waals surface area (Å²) in [6.45, 7) is 1.38. The van der Waals surface area contributed by atoms with Crippen molar-refractivity contribution in [2.45, 2.75) is 31.8 Å². The molecule has 2 atom stereocenters. The van der Waals surface area contributed by atoms with Crippen molar-refractivity contribution in [1.29, 1.82) is 0 Å². The van der Waals surface area contributed by atoms with Crippen LogP contribution in [0.25, 0.3) is 0 Å². The third kappa shape index (κ3) is 7.92. The third-order valence-electron chi connectivity index (χ3n) is 5.10. The summed E-state index contributed by atoms with van der Waals surface area (Å²) in [5.41, 5.74) is 2.40. The number of ether oxygens (including phenoxy) is 1. The van der Waals surface area contributed by atoms with E-state index in [-0.39, 0.29) is 18.4 Å². The minimum Gasteiger partial charge on any atom is -0.464 e. The first kappa shape index (κ1) is 23.7. The van der Waals surface area contributed by atoms with Crippen LogP contribution in [0.4, 0.5) is 0 Å². The molecule has 6 heteroatoms. The van der Waals surface area contributed by atoms with Gasteiger partial charge in [0.2, 0.25) is 5.91 Å². The Bertz CT molecular complexity index is 1040. The van der Waals surface area contributed by atoms with Crippen LogP contribution in [0.1, 0.15) is 28.4 Å². The Morgan fingerprint density at radius 2 is 1.24 bits per heavy atom. The molecule has 3 aromatic rings. The molecule has 0 heterocycles. The maximum atomic E-state index is 13.3. The Morgan fingerprint density at radius 1 is 0.727 bits per heavy atom. The Balaban J connectivity index is 1.76. The standard InChI is InChI=1S/C27H28N2O4/c1-20(30)33-19-24(17-21-11-5-2-6-12-21)28-27(32)25(18-22-13-7-3-8-14-22)29-26(31)23-15-9-4-10-16-23/h2-16,24-25H,17-19H2,1H3,(H,28,32)(H,29,31)/t24-,25?/m0/s1. The topological polar surface area (TPSA) is 84.5 Å². The summed E-state index contributed by atoms with van der Waals surface area (Å²) in [6.07, 6.45) is 0.821. The fourth-order valence-corrected chi connectivity index (χ4v) is 3.46. The zero-order valence-corrected chi connectivity index (χ0v) is 18.6. The summed E-state index contributed by atoms with van der Waals surface area (Å²) in [6, 6.07) is 26.7. The molecule has 170 valence electrons. The van der Waals surface area contributed by atoms with E-state index in [2.05, 4.69) is 10.6 Å². The van der Waals surface area contributed by atoms with Crippen molar-refractivity contribution >= 4 is 17.8 Å². The van der Waals surface area contributed by atoms with Crippen LogP contribution in [0.5, 0.6) is 0 Å². The first-order chi connectivity index (χ1) is 16.0. The Hall–Kier alpha value is -3.93. The van der Waals surface area contributed by atoms with E-state index in [0.29, 0.717) is 18.4 Å². The predicted molar refractivity (Wildman–Crippen MR) is 127 cm³/mol. The van der Waals surface area contributed by atoms with Crippen LogP contribution in [0.3, 0.4) is 0 Å². The number of hydrogen-bond acceptors (Lipinski definition) is 4. The average Bonchev–Trinajstić information content (AvgIpc) is 2.84. The van der Waals surface area contributed by atoms with Crippen LogP contribution in [0.15, 0.2) is 91.0 Å². The first-order valence-corrected chi connectivity index (χ1v) is 10.9. The third-order valence-corrected chi connectivity index (χ3v) is 5.10. The van der Waals surface area contributed by atoms with Gasteiger partial charge in [0.25, 0.3) is 5.91 Å². The summed E-state index contributed by atoms with van der Waals surface area (Å²) in [5.74, 6) is -1.08. The SMILES string of the molecule is CC(=O)OC[C@H](Cc1ccccc1)NC(=O)C(Cc1ccccc1)NC(=O)c1ccccc1. The van der Waals surface area contributed by atoms with Gasteiger partial charge in [0.1, 0.15) is 12.6 Å². The van der Waals surface area contributed by atoms with Gasteiger partial charge < -0.3 is 15.4 Å². The Labute approximate surface area is 194 Å². The van der Waals surface area contributed by atoms with Crippen molar-refractivity contribution in [2.24, 2.45) is 0 Å². The highest BCUT2D eigenvalue weighted by Crippen LogP contribution is 2.08. The monoisotopic (exact) mass is 444 g/mol. The smallest absolute Gasteiger partial charge is 0.302 e. The lowest BCUT2D eigenvalue weighted by Crippen LogP contribution is -2.52. The minimum atomic E-state index is -0.796. The van der Waals surface area contributed by atoms with Gasteiger partial charge in [-0.15, -0.1) is 0 Å². The van der Waals surface area contributed by atoms with Gasteiger partial charge in [0, 0.05) is 18.9 Å². The summed E-state index contributed by atoms with van der Waals surface area (Å²) in [5, 5.41) is 5.82. The van der Waals surface area contributed by atoms with E-state index < -0.39 is 18.1 Å². The number of rotatable bonds is 10. The molecule has 0 aliphatic carbocycles. The minimum absolute atomic E-state index is 0.0423. The molecule has 0 bridgehead atoms. The Kier molecular flexibility index (Phi) is 8.77. The van der Waals surface area contributed by atoms with Crippen molar-refractivity contribution in [3.05, 3.63) is 108 Å². The zero-order chi connectivity index (χ0) is 23.5. The molecule has 3 rings (SSSR count). The molecule has 0 saturated heterocycles. The lowest BCUT2D eigenvalue weighted by molar-refractivity contribution is -0.142. The van der Waals surface area contributed by atoms with Gasteiger partial charge in [-0.2, -0.15) is 0 Å². The van der Waals surface area contributed by atoms with Gasteiger partial charge >= 0.3 is 5.97 Å². The molecular weight excluding hydrogens is 416 g/mol. The van der Waals surface area contributed by atoms with Crippen LogP contribution < -0.4 is 10.6 Å². The molecular formula is C27H28N2O4. The molecule has 33 heavy (non-hydrogen) atoms. The fraction of sp³-hybridized carbons (Fsp3) is 0.222. The van der Waals surface area contributed by atoms with E-state index in [9.17, 15) is 14.4 Å². The second-order valence-electron chi connectivity index (χ2n) is 7.78. The van der Waals surface area contributed by atoms with Crippen LogP contribution in [-0.2, 0) is 27.2 Å². The van der Waals surface area contributed by atoms with Crippen molar-refractivity contribution in [3.63, 3.8) is 0 Å². The largest absolute Gasteiger partial charge is 0.464 e. The summed E-state index contributed by atoms with van der Waals surface area (Å²) in [4.78, 5) is 37.4. The molecule has 2 N–H and O–H groups in total. The number of hydrogen-bond donors (Lipinski definition) is 2. The van der Waals surface area contributed by atoms with Gasteiger partial charge in [-0.1, -0.05) is 78.9 Å². The van der Waals surface area contributed by atoms with Crippen LogP contribution in [0.2, 0.25) is 0 Å². The van der Waals surface area contributed by atoms with Crippen molar-refractivity contribution in [1.82, 2.24) is 10.6 Å². The fourth-order valence-electron chi connectivity index (χ4n) is 3.46. The molecule has 0 saturated carbocycles. The maximum Gasteiger partial charge on any atom is 0.302 e. The lowest BCUT2D eigenvalue weighted by atomic mass is 10.0. The van der Waals surface area contributed by atoms with Crippen molar-refractivity contribution in [2.75, 3.05) is 6.61 Å². The number of amides is 2. The van der Waals surface area contributed by atoms with E-state index in [1.54, 1.807) is 24.3 Å². The second kappa shape index (κ2) is 12.2. The van der Waals surface area contributed by atoms with E-state index in [1.807, 2.05) is 66.7 Å². The second-order valence-corrected chi connectivity index (χ2v) is 7.78. The number of benzene rings is 3. The molecule has 3 aromatic carbocycles.